The molecule has 8 rings (SSSR count). The minimum Gasteiger partial charge on any atom is -0.490 e. The summed E-state index contributed by atoms with van der Waals surface area (Å²) in [5.74, 6) is 1.13. The predicted molar refractivity (Wildman–Crippen MR) is 210 cm³/mol. The van der Waals surface area contributed by atoms with Crippen molar-refractivity contribution in [3.8, 4) is 5.75 Å². The van der Waals surface area contributed by atoms with Crippen LogP contribution < -0.4 is 14.4 Å². The van der Waals surface area contributed by atoms with E-state index in [1.54, 1.807) is 32.0 Å². The number of nitrogens with zero attached hydrogens (tertiary/aromatic N) is 6. The predicted octanol–water partition coefficient (Wildman–Crippen LogP) is 5.67. The highest BCUT2D eigenvalue weighted by Crippen LogP contribution is 2.47. The second-order valence-corrected chi connectivity index (χ2v) is 18.6. The third-order valence-electron chi connectivity index (χ3n) is 12.5. The Bertz CT molecular complexity index is 2130. The van der Waals surface area contributed by atoms with Crippen molar-refractivity contribution in [3.63, 3.8) is 0 Å². The molecule has 1 spiro atoms. The van der Waals surface area contributed by atoms with Crippen LogP contribution in [0.5, 0.6) is 5.75 Å². The van der Waals surface area contributed by atoms with E-state index in [-0.39, 0.29) is 41.8 Å². The molecular weight excluding hydrogens is 742 g/mol. The number of aromatic nitrogens is 3. The Labute approximate surface area is 328 Å². The molecular formula is C40H50ClN7O6S. The molecule has 2 bridgehead atoms. The first kappa shape index (κ1) is 37.9. The maximum Gasteiger partial charge on any atom is 0.330 e. The Morgan fingerprint density at radius 1 is 1.13 bits per heavy atom. The number of ether oxygens (including phenoxy) is 3. The standard InChI is InChI=1S/C40H50ClN7O6S/c1-26-7-5-9-34(52-3)31-13-10-29(31)19-47-21-39(16-6-8-27-17-30(41)12-14-32(27)39)24-54-35-15-11-28(18-33(35)47)36(49)44-55(51,20-26)45-38(50)48-22-40(23-48,53-4)37-42-25-43-46(37)2/h5,9,11-12,14-15,17-18,25-26,29,31,34H,6-8,10,13,16,19-24H2,1-4H3,(H,44,45,49,50,51)/b9-5+/t26-,29-,31+,34-,39-,55-/m0/s1. The van der Waals surface area contributed by atoms with Crippen molar-refractivity contribution in [3.05, 3.63) is 82.4 Å². The number of hydrogen-bond acceptors (Lipinski definition) is 9. The Balaban J connectivity index is 1.14. The molecule has 15 heteroatoms. The Morgan fingerprint density at radius 3 is 2.69 bits per heavy atom. The zero-order chi connectivity index (χ0) is 38.5. The lowest BCUT2D eigenvalue weighted by molar-refractivity contribution is -0.118. The SMILES string of the molecule is CO[C@H]1/C=C/C[C@H](C)C[S@@](=O)(NC(=O)N2CC(OC)(c3ncnn3C)C2)=NC(=O)c2ccc3c(c2)N(C[C@@H]2CC[C@H]21)C[C@@]1(CCCc2cc(Cl)ccc21)CO3. The fourth-order valence-electron chi connectivity index (χ4n) is 9.35. The molecule has 0 radical (unpaired) electrons. The summed E-state index contributed by atoms with van der Waals surface area (Å²) in [6.45, 7) is 4.26. The van der Waals surface area contributed by atoms with Gasteiger partial charge in [-0.25, -0.2) is 14.0 Å². The molecule has 3 aromatic rings. The highest BCUT2D eigenvalue weighted by atomic mass is 35.5. The van der Waals surface area contributed by atoms with Crippen LogP contribution in [0.25, 0.3) is 0 Å². The first-order chi connectivity index (χ1) is 26.4. The van der Waals surface area contributed by atoms with Gasteiger partial charge in [0.05, 0.1) is 37.2 Å². The van der Waals surface area contributed by atoms with Crippen LogP contribution in [0.15, 0.2) is 59.2 Å². The summed E-state index contributed by atoms with van der Waals surface area (Å²) in [6.07, 6.45) is 11.2. The lowest BCUT2D eigenvalue weighted by Crippen LogP contribution is -2.65. The van der Waals surface area contributed by atoms with E-state index in [9.17, 15) is 13.8 Å². The molecule has 1 saturated carbocycles. The van der Waals surface area contributed by atoms with Crippen molar-refractivity contribution < 1.29 is 28.0 Å². The number of amides is 3. The maximum absolute atomic E-state index is 14.7. The van der Waals surface area contributed by atoms with Crippen molar-refractivity contribution in [2.75, 3.05) is 57.7 Å². The van der Waals surface area contributed by atoms with Gasteiger partial charge in [0.15, 0.2) is 11.4 Å². The van der Waals surface area contributed by atoms with E-state index in [0.29, 0.717) is 43.0 Å². The second kappa shape index (κ2) is 14.8. The largest absolute Gasteiger partial charge is 0.490 e. The summed E-state index contributed by atoms with van der Waals surface area (Å²) in [4.78, 5) is 36.0. The Morgan fingerprint density at radius 2 is 1.96 bits per heavy atom. The minimum atomic E-state index is -3.58. The lowest BCUT2D eigenvalue weighted by atomic mass is 9.68. The van der Waals surface area contributed by atoms with Crippen molar-refractivity contribution in [2.24, 2.45) is 29.2 Å². The number of likely N-dealkylation sites (tertiary alicyclic amines) is 1. The number of methoxy groups -OCH3 is 2. The summed E-state index contributed by atoms with van der Waals surface area (Å²) in [6, 6.07) is 11.0. The molecule has 55 heavy (non-hydrogen) atoms. The molecule has 294 valence electrons. The number of aryl methyl sites for hydroxylation is 2. The van der Waals surface area contributed by atoms with Crippen molar-refractivity contribution in [1.82, 2.24) is 24.4 Å². The molecule has 2 fully saturated rings. The van der Waals surface area contributed by atoms with Crippen LogP contribution in [0.1, 0.15) is 66.3 Å². The monoisotopic (exact) mass is 791 g/mol. The summed E-state index contributed by atoms with van der Waals surface area (Å²) >= 11 is 6.47. The highest BCUT2D eigenvalue weighted by molar-refractivity contribution is 7.92. The fourth-order valence-corrected chi connectivity index (χ4v) is 11.4. The van der Waals surface area contributed by atoms with Gasteiger partial charge in [-0.1, -0.05) is 36.7 Å². The van der Waals surface area contributed by atoms with Gasteiger partial charge < -0.3 is 24.0 Å². The molecule has 2 aliphatic carbocycles. The molecule has 3 aliphatic heterocycles. The van der Waals surface area contributed by atoms with E-state index >= 15 is 0 Å². The van der Waals surface area contributed by atoms with Gasteiger partial charge in [0.2, 0.25) is 0 Å². The topological polar surface area (TPSA) is 140 Å². The van der Waals surface area contributed by atoms with E-state index < -0.39 is 27.5 Å². The van der Waals surface area contributed by atoms with Gasteiger partial charge in [-0.05, 0) is 97.7 Å². The molecule has 4 heterocycles. The highest BCUT2D eigenvalue weighted by Gasteiger charge is 2.51. The van der Waals surface area contributed by atoms with E-state index in [4.69, 9.17) is 25.8 Å². The van der Waals surface area contributed by atoms with Gasteiger partial charge in [0.1, 0.15) is 22.0 Å². The van der Waals surface area contributed by atoms with E-state index in [0.717, 1.165) is 49.4 Å². The number of anilines is 1. The molecule has 1 saturated heterocycles. The third kappa shape index (κ3) is 7.15. The maximum atomic E-state index is 14.7. The first-order valence-corrected chi connectivity index (χ1v) is 21.3. The zero-order valence-electron chi connectivity index (χ0n) is 31.9. The summed E-state index contributed by atoms with van der Waals surface area (Å²) in [7, 11) is 1.50. The number of fused-ring (bicyclic) bond motifs is 4. The average molecular weight is 792 g/mol. The molecule has 3 amide bonds. The number of rotatable bonds is 4. The smallest absolute Gasteiger partial charge is 0.330 e. The molecule has 6 atom stereocenters. The van der Waals surface area contributed by atoms with Crippen LogP contribution in [-0.2, 0) is 43.9 Å². The third-order valence-corrected chi connectivity index (χ3v) is 14.7. The van der Waals surface area contributed by atoms with Crippen molar-refractivity contribution >= 4 is 39.1 Å². The van der Waals surface area contributed by atoms with Gasteiger partial charge in [0.25, 0.3) is 5.91 Å². The molecule has 1 N–H and O–H groups in total. The van der Waals surface area contributed by atoms with Crippen molar-refractivity contribution in [2.45, 2.75) is 62.6 Å². The summed E-state index contributed by atoms with van der Waals surface area (Å²) < 4.78 is 41.9. The van der Waals surface area contributed by atoms with Crippen molar-refractivity contribution in [1.29, 1.82) is 0 Å². The molecule has 5 aliphatic rings. The zero-order valence-corrected chi connectivity index (χ0v) is 33.5. The Hall–Kier alpha value is -3.98. The molecule has 0 unspecified atom stereocenters. The van der Waals surface area contributed by atoms with E-state index in [1.807, 2.05) is 25.1 Å². The van der Waals surface area contributed by atoms with E-state index in [2.05, 4.69) is 48.4 Å². The fraction of sp³-hybridized carbons (Fsp3) is 0.550. The molecule has 1 aromatic heterocycles. The number of nitrogens with one attached hydrogen (secondary N) is 1. The summed E-state index contributed by atoms with van der Waals surface area (Å²) in [5, 5.41) is 4.88. The number of benzene rings is 2. The summed E-state index contributed by atoms with van der Waals surface area (Å²) in [5.41, 5.74) is 2.50. The Kier molecular flexibility index (Phi) is 10.2. The number of carbonyl (C=O) groups excluding carboxylic acids is 2. The van der Waals surface area contributed by atoms with Gasteiger partial charge in [-0.3, -0.25) is 14.2 Å². The lowest BCUT2D eigenvalue weighted by Gasteiger charge is -2.47. The minimum absolute atomic E-state index is 0.0167. The number of halogens is 1. The first-order valence-electron chi connectivity index (χ1n) is 19.2. The number of urea groups is 1. The van der Waals surface area contributed by atoms with Crippen LogP contribution >= 0.6 is 11.6 Å². The van der Waals surface area contributed by atoms with Gasteiger partial charge >= 0.3 is 6.03 Å². The van der Waals surface area contributed by atoms with Crippen LogP contribution in [-0.4, -0.2) is 94.7 Å². The normalized spacial score (nSPS) is 30.7. The van der Waals surface area contributed by atoms with E-state index in [1.165, 1.54) is 22.4 Å². The van der Waals surface area contributed by atoms with Crippen LogP contribution in [0.2, 0.25) is 5.02 Å². The van der Waals surface area contributed by atoms with Gasteiger partial charge in [0, 0.05) is 50.4 Å². The van der Waals surface area contributed by atoms with Gasteiger partial charge in [-0.15, -0.1) is 4.36 Å². The second-order valence-electron chi connectivity index (χ2n) is 16.1. The number of hydrogen-bond donors (Lipinski definition) is 1. The molecule has 2 aromatic carbocycles. The average Bonchev–Trinajstić information content (AvgIpc) is 3.49. The number of allylic oxidation sites excluding steroid dienone is 1. The van der Waals surface area contributed by atoms with Gasteiger partial charge in [-0.2, -0.15) is 5.10 Å². The molecule has 13 nitrogen and oxygen atoms in total. The van der Waals surface area contributed by atoms with Crippen LogP contribution in [0.4, 0.5) is 10.5 Å². The number of carbonyl (C=O) groups is 2. The van der Waals surface area contributed by atoms with Crippen LogP contribution in [0.3, 0.4) is 0 Å². The van der Waals surface area contributed by atoms with Crippen LogP contribution in [0, 0.1) is 17.8 Å². The quantitative estimate of drug-likeness (QED) is 0.331.